The highest BCUT2D eigenvalue weighted by molar-refractivity contribution is 5.39. The zero-order valence-corrected chi connectivity index (χ0v) is 9.43. The number of benzene rings is 1. The zero-order valence-electron chi connectivity index (χ0n) is 9.43. The second-order valence-electron chi connectivity index (χ2n) is 3.62. The number of hydrogen-bond acceptors (Lipinski definition) is 3. The Balaban J connectivity index is 2.44. The molecule has 0 radical (unpaired) electrons. The molecule has 0 saturated heterocycles. The van der Waals surface area contributed by atoms with E-state index in [4.69, 9.17) is 10.5 Å². The average molecular weight is 232 g/mol. The normalized spacial score (nSPS) is 12.2. The monoisotopic (exact) mass is 232 g/mol. The van der Waals surface area contributed by atoms with Gasteiger partial charge >= 0.3 is 0 Å². The van der Waals surface area contributed by atoms with Crippen molar-refractivity contribution in [3.8, 4) is 5.75 Å². The van der Waals surface area contributed by atoms with Crippen LogP contribution in [0.3, 0.4) is 0 Å². The Morgan fingerprint density at radius 3 is 2.71 bits per heavy atom. The quantitative estimate of drug-likeness (QED) is 0.883. The number of aromatic nitrogens is 1. The van der Waals surface area contributed by atoms with Crippen LogP contribution in [-0.4, -0.2) is 12.1 Å². The van der Waals surface area contributed by atoms with Crippen molar-refractivity contribution in [1.29, 1.82) is 0 Å². The molecule has 4 heteroatoms. The largest absolute Gasteiger partial charge is 0.495 e. The van der Waals surface area contributed by atoms with Gasteiger partial charge in [0, 0.05) is 17.3 Å². The van der Waals surface area contributed by atoms with Crippen LogP contribution in [0.4, 0.5) is 4.39 Å². The highest BCUT2D eigenvalue weighted by Gasteiger charge is 2.16. The van der Waals surface area contributed by atoms with Crippen LogP contribution >= 0.6 is 0 Å². The van der Waals surface area contributed by atoms with Gasteiger partial charge in [-0.05, 0) is 12.1 Å². The van der Waals surface area contributed by atoms with Gasteiger partial charge in [0.15, 0.2) is 0 Å². The van der Waals surface area contributed by atoms with Crippen molar-refractivity contribution in [3.63, 3.8) is 0 Å². The number of hydrogen-bond donors (Lipinski definition) is 1. The summed E-state index contributed by atoms with van der Waals surface area (Å²) in [4.78, 5) is 3.94. The summed E-state index contributed by atoms with van der Waals surface area (Å²) in [5.41, 5.74) is 7.20. The Labute approximate surface area is 99.1 Å². The SMILES string of the molecule is COc1cnccc1C(N)c1ccccc1F. The number of nitrogens with zero attached hydrogens (tertiary/aromatic N) is 1. The lowest BCUT2D eigenvalue weighted by Crippen LogP contribution is -2.14. The Bertz CT molecular complexity index is 516. The summed E-state index contributed by atoms with van der Waals surface area (Å²) in [6.07, 6.45) is 3.18. The van der Waals surface area contributed by atoms with E-state index < -0.39 is 6.04 Å². The van der Waals surface area contributed by atoms with Crippen molar-refractivity contribution in [2.45, 2.75) is 6.04 Å². The minimum atomic E-state index is -0.561. The van der Waals surface area contributed by atoms with E-state index in [1.165, 1.54) is 13.2 Å². The van der Waals surface area contributed by atoms with E-state index in [-0.39, 0.29) is 5.82 Å². The number of nitrogens with two attached hydrogens (primary N) is 1. The number of halogens is 1. The van der Waals surface area contributed by atoms with Gasteiger partial charge in [0.2, 0.25) is 0 Å². The van der Waals surface area contributed by atoms with Crippen molar-refractivity contribution in [1.82, 2.24) is 4.98 Å². The summed E-state index contributed by atoms with van der Waals surface area (Å²) in [5.74, 6) is 0.238. The van der Waals surface area contributed by atoms with Gasteiger partial charge in [-0.1, -0.05) is 18.2 Å². The lowest BCUT2D eigenvalue weighted by atomic mass is 9.99. The lowest BCUT2D eigenvalue weighted by Gasteiger charge is -2.16. The van der Waals surface area contributed by atoms with E-state index >= 15 is 0 Å². The smallest absolute Gasteiger partial charge is 0.142 e. The maximum Gasteiger partial charge on any atom is 0.142 e. The van der Waals surface area contributed by atoms with E-state index in [0.717, 1.165) is 0 Å². The fraction of sp³-hybridized carbons (Fsp3) is 0.154. The van der Waals surface area contributed by atoms with Gasteiger partial charge < -0.3 is 10.5 Å². The van der Waals surface area contributed by atoms with Crippen LogP contribution in [0.5, 0.6) is 5.75 Å². The van der Waals surface area contributed by atoms with Crippen LogP contribution in [0.1, 0.15) is 17.2 Å². The van der Waals surface area contributed by atoms with Crippen molar-refractivity contribution in [2.24, 2.45) is 5.73 Å². The summed E-state index contributed by atoms with van der Waals surface area (Å²) in [6, 6.07) is 7.62. The van der Waals surface area contributed by atoms with Crippen LogP contribution < -0.4 is 10.5 Å². The molecule has 0 fully saturated rings. The number of pyridine rings is 1. The van der Waals surface area contributed by atoms with Crippen LogP contribution in [0.15, 0.2) is 42.7 Å². The van der Waals surface area contributed by atoms with Gasteiger partial charge in [-0.15, -0.1) is 0 Å². The molecule has 0 aliphatic rings. The summed E-state index contributed by atoms with van der Waals surface area (Å²) in [6.45, 7) is 0. The van der Waals surface area contributed by atoms with Crippen molar-refractivity contribution >= 4 is 0 Å². The standard InChI is InChI=1S/C13H13FN2O/c1-17-12-8-16-7-6-10(12)13(15)9-4-2-3-5-11(9)14/h2-8,13H,15H2,1H3. The predicted octanol–water partition coefficient (Wildman–Crippen LogP) is 2.28. The molecule has 1 atom stereocenters. The molecule has 0 amide bonds. The van der Waals surface area contributed by atoms with Gasteiger partial charge in [-0.2, -0.15) is 0 Å². The molecule has 1 heterocycles. The molecule has 17 heavy (non-hydrogen) atoms. The van der Waals surface area contributed by atoms with E-state index in [1.807, 2.05) is 0 Å². The molecule has 1 unspecified atom stereocenters. The minimum Gasteiger partial charge on any atom is -0.495 e. The molecule has 88 valence electrons. The fourth-order valence-electron chi connectivity index (χ4n) is 1.71. The second kappa shape index (κ2) is 4.93. The summed E-state index contributed by atoms with van der Waals surface area (Å²) in [5, 5.41) is 0. The Hall–Kier alpha value is -1.94. The van der Waals surface area contributed by atoms with E-state index in [2.05, 4.69) is 4.98 Å². The first kappa shape index (κ1) is 11.5. The maximum absolute atomic E-state index is 13.6. The van der Waals surface area contributed by atoms with Crippen LogP contribution in [0.2, 0.25) is 0 Å². The van der Waals surface area contributed by atoms with Gasteiger partial charge in [-0.25, -0.2) is 4.39 Å². The van der Waals surface area contributed by atoms with Crippen molar-refractivity contribution < 1.29 is 9.13 Å². The number of methoxy groups -OCH3 is 1. The summed E-state index contributed by atoms with van der Waals surface area (Å²) < 4.78 is 18.8. The Kier molecular flexibility index (Phi) is 3.35. The Morgan fingerprint density at radius 2 is 2.00 bits per heavy atom. The third-order valence-electron chi connectivity index (χ3n) is 2.61. The van der Waals surface area contributed by atoms with Crippen LogP contribution in [0, 0.1) is 5.82 Å². The zero-order chi connectivity index (χ0) is 12.3. The molecule has 1 aromatic heterocycles. The summed E-state index contributed by atoms with van der Waals surface area (Å²) >= 11 is 0. The molecular weight excluding hydrogens is 219 g/mol. The van der Waals surface area contributed by atoms with Gasteiger partial charge in [0.1, 0.15) is 11.6 Å². The molecule has 2 N–H and O–H groups in total. The van der Waals surface area contributed by atoms with Crippen molar-refractivity contribution in [3.05, 3.63) is 59.7 Å². The first-order chi connectivity index (χ1) is 8.24. The molecular formula is C13H13FN2O. The van der Waals surface area contributed by atoms with E-state index in [9.17, 15) is 4.39 Å². The predicted molar refractivity (Wildman–Crippen MR) is 63.2 cm³/mol. The lowest BCUT2D eigenvalue weighted by molar-refractivity contribution is 0.405. The first-order valence-electron chi connectivity index (χ1n) is 5.22. The third-order valence-corrected chi connectivity index (χ3v) is 2.61. The topological polar surface area (TPSA) is 48.1 Å². The minimum absolute atomic E-state index is 0.320. The number of rotatable bonds is 3. The molecule has 0 aliphatic heterocycles. The molecule has 3 nitrogen and oxygen atoms in total. The second-order valence-corrected chi connectivity index (χ2v) is 3.62. The van der Waals surface area contributed by atoms with E-state index in [0.29, 0.717) is 16.9 Å². The van der Waals surface area contributed by atoms with E-state index in [1.54, 1.807) is 36.7 Å². The highest BCUT2D eigenvalue weighted by atomic mass is 19.1. The van der Waals surface area contributed by atoms with Crippen molar-refractivity contribution in [2.75, 3.05) is 7.11 Å². The average Bonchev–Trinajstić information content (AvgIpc) is 2.38. The summed E-state index contributed by atoms with van der Waals surface area (Å²) in [7, 11) is 1.54. The fourth-order valence-corrected chi connectivity index (χ4v) is 1.71. The first-order valence-corrected chi connectivity index (χ1v) is 5.22. The molecule has 0 aliphatic carbocycles. The molecule has 2 aromatic rings. The van der Waals surface area contributed by atoms with Crippen LogP contribution in [-0.2, 0) is 0 Å². The van der Waals surface area contributed by atoms with Crippen LogP contribution in [0.25, 0.3) is 0 Å². The van der Waals surface area contributed by atoms with Gasteiger partial charge in [0.25, 0.3) is 0 Å². The maximum atomic E-state index is 13.6. The Morgan fingerprint density at radius 1 is 1.24 bits per heavy atom. The number of ether oxygens (including phenoxy) is 1. The highest BCUT2D eigenvalue weighted by Crippen LogP contribution is 2.28. The van der Waals surface area contributed by atoms with Gasteiger partial charge in [0.05, 0.1) is 19.3 Å². The van der Waals surface area contributed by atoms with Gasteiger partial charge in [-0.3, -0.25) is 4.98 Å². The molecule has 0 spiro atoms. The molecule has 1 aromatic carbocycles. The molecule has 0 saturated carbocycles. The molecule has 0 bridgehead atoms. The molecule has 2 rings (SSSR count). The third kappa shape index (κ3) is 2.26.